The molecule has 3 heteroatoms. The Morgan fingerprint density at radius 2 is 1.71 bits per heavy atom. The number of hydrogen-bond donors (Lipinski definition) is 1. The van der Waals surface area contributed by atoms with Crippen molar-refractivity contribution in [2.75, 3.05) is 13.1 Å². The van der Waals surface area contributed by atoms with Gasteiger partial charge in [0.15, 0.2) is 0 Å². The first-order valence-electron chi connectivity index (χ1n) is 7.95. The highest BCUT2D eigenvalue weighted by atomic mass is 15.2. The quantitative estimate of drug-likeness (QED) is 0.602. The van der Waals surface area contributed by atoms with E-state index in [0.29, 0.717) is 5.84 Å². The van der Waals surface area contributed by atoms with E-state index in [1.54, 1.807) is 0 Å². The Morgan fingerprint density at radius 1 is 1.05 bits per heavy atom. The molecule has 0 atom stereocenters. The summed E-state index contributed by atoms with van der Waals surface area (Å²) < 4.78 is 0. The number of amidine groups is 1. The standard InChI is InChI=1S/C18H25N3/c1-3-5-13-21(14-6-4-2)18(19)16-11-12-20-17-10-8-7-9-15(16)17/h7-12,19H,3-6,13-14H2,1-2H3. The Kier molecular flexibility index (Phi) is 5.73. The molecule has 3 nitrogen and oxygen atoms in total. The normalized spacial score (nSPS) is 10.8. The highest BCUT2D eigenvalue weighted by Crippen LogP contribution is 2.18. The number of nitrogens with zero attached hydrogens (tertiary/aromatic N) is 2. The van der Waals surface area contributed by atoms with Crippen LogP contribution in [-0.4, -0.2) is 28.8 Å². The van der Waals surface area contributed by atoms with Crippen molar-refractivity contribution in [1.29, 1.82) is 5.41 Å². The number of hydrogen-bond acceptors (Lipinski definition) is 2. The second-order valence-corrected chi connectivity index (χ2v) is 5.42. The summed E-state index contributed by atoms with van der Waals surface area (Å²) in [6.07, 6.45) is 6.40. The number of benzene rings is 1. The van der Waals surface area contributed by atoms with Crippen molar-refractivity contribution in [3.05, 3.63) is 42.1 Å². The Labute approximate surface area is 127 Å². The molecule has 1 N–H and O–H groups in total. The van der Waals surface area contributed by atoms with Gasteiger partial charge in [0.25, 0.3) is 0 Å². The lowest BCUT2D eigenvalue weighted by Crippen LogP contribution is -2.33. The van der Waals surface area contributed by atoms with Gasteiger partial charge in [0.2, 0.25) is 0 Å². The molecule has 0 amide bonds. The summed E-state index contributed by atoms with van der Waals surface area (Å²) in [7, 11) is 0. The molecule has 0 saturated carbocycles. The van der Waals surface area contributed by atoms with Crippen LogP contribution in [-0.2, 0) is 0 Å². The molecule has 0 aliphatic rings. The predicted molar refractivity (Wildman–Crippen MR) is 90.0 cm³/mol. The smallest absolute Gasteiger partial charge is 0.128 e. The molecule has 2 aromatic rings. The van der Waals surface area contributed by atoms with E-state index >= 15 is 0 Å². The van der Waals surface area contributed by atoms with Gasteiger partial charge in [0.1, 0.15) is 5.84 Å². The minimum Gasteiger partial charge on any atom is -0.357 e. The molecular weight excluding hydrogens is 258 g/mol. The van der Waals surface area contributed by atoms with Gasteiger partial charge in [-0.15, -0.1) is 0 Å². The van der Waals surface area contributed by atoms with E-state index in [1.807, 2.05) is 30.5 Å². The van der Waals surface area contributed by atoms with Gasteiger partial charge in [-0.1, -0.05) is 44.9 Å². The van der Waals surface area contributed by atoms with Gasteiger partial charge in [-0.25, -0.2) is 0 Å². The summed E-state index contributed by atoms with van der Waals surface area (Å²) in [5.74, 6) is 0.635. The van der Waals surface area contributed by atoms with Crippen LogP contribution in [0.5, 0.6) is 0 Å². The second-order valence-electron chi connectivity index (χ2n) is 5.42. The molecule has 1 aromatic carbocycles. The van der Waals surface area contributed by atoms with E-state index in [0.717, 1.165) is 55.2 Å². The molecule has 2 rings (SSSR count). The number of pyridine rings is 1. The lowest BCUT2D eigenvalue weighted by atomic mass is 10.1. The minimum absolute atomic E-state index is 0.635. The summed E-state index contributed by atoms with van der Waals surface area (Å²) in [5.41, 5.74) is 1.96. The number of rotatable bonds is 7. The maximum atomic E-state index is 8.62. The largest absolute Gasteiger partial charge is 0.357 e. The molecule has 1 aromatic heterocycles. The molecule has 0 saturated heterocycles. The first-order chi connectivity index (χ1) is 10.3. The van der Waals surface area contributed by atoms with Crippen molar-refractivity contribution in [3.8, 4) is 0 Å². The molecule has 0 unspecified atom stereocenters. The summed E-state index contributed by atoms with van der Waals surface area (Å²) in [6, 6.07) is 10.0. The fourth-order valence-corrected chi connectivity index (χ4v) is 2.51. The molecule has 0 aliphatic carbocycles. The van der Waals surface area contributed by atoms with Crippen molar-refractivity contribution in [2.24, 2.45) is 0 Å². The average molecular weight is 283 g/mol. The van der Waals surface area contributed by atoms with Crippen LogP contribution >= 0.6 is 0 Å². The van der Waals surface area contributed by atoms with E-state index < -0.39 is 0 Å². The van der Waals surface area contributed by atoms with Crippen molar-refractivity contribution >= 4 is 16.7 Å². The summed E-state index contributed by atoms with van der Waals surface area (Å²) in [4.78, 5) is 6.61. The zero-order valence-electron chi connectivity index (χ0n) is 13.1. The zero-order chi connectivity index (χ0) is 15.1. The van der Waals surface area contributed by atoms with E-state index in [9.17, 15) is 0 Å². The van der Waals surface area contributed by atoms with Crippen molar-refractivity contribution < 1.29 is 0 Å². The average Bonchev–Trinajstić information content (AvgIpc) is 2.54. The monoisotopic (exact) mass is 283 g/mol. The molecule has 0 bridgehead atoms. The third-order valence-electron chi connectivity index (χ3n) is 3.78. The molecular formula is C18H25N3. The Morgan fingerprint density at radius 3 is 2.38 bits per heavy atom. The maximum absolute atomic E-state index is 8.62. The van der Waals surface area contributed by atoms with Crippen molar-refractivity contribution in [3.63, 3.8) is 0 Å². The first-order valence-corrected chi connectivity index (χ1v) is 7.95. The lowest BCUT2D eigenvalue weighted by Gasteiger charge is -2.25. The van der Waals surface area contributed by atoms with E-state index in [1.165, 1.54) is 0 Å². The lowest BCUT2D eigenvalue weighted by molar-refractivity contribution is 0.397. The van der Waals surface area contributed by atoms with Gasteiger partial charge in [-0.05, 0) is 25.0 Å². The predicted octanol–water partition coefficient (Wildman–Crippen LogP) is 4.46. The third-order valence-corrected chi connectivity index (χ3v) is 3.78. The van der Waals surface area contributed by atoms with E-state index in [2.05, 4.69) is 29.8 Å². The molecule has 21 heavy (non-hydrogen) atoms. The van der Waals surface area contributed by atoms with Crippen LogP contribution in [0.4, 0.5) is 0 Å². The van der Waals surface area contributed by atoms with Gasteiger partial charge in [0, 0.05) is 30.2 Å². The molecule has 0 fully saturated rings. The van der Waals surface area contributed by atoms with Crippen molar-refractivity contribution in [1.82, 2.24) is 9.88 Å². The van der Waals surface area contributed by atoms with Crippen LogP contribution in [0.1, 0.15) is 45.1 Å². The summed E-state index contributed by atoms with van der Waals surface area (Å²) in [5, 5.41) is 9.70. The van der Waals surface area contributed by atoms with Crippen LogP contribution in [0.25, 0.3) is 10.9 Å². The van der Waals surface area contributed by atoms with E-state index in [4.69, 9.17) is 5.41 Å². The van der Waals surface area contributed by atoms with Crippen LogP contribution in [0.15, 0.2) is 36.5 Å². The van der Waals surface area contributed by atoms with Crippen molar-refractivity contribution in [2.45, 2.75) is 39.5 Å². The van der Waals surface area contributed by atoms with Crippen LogP contribution in [0, 0.1) is 5.41 Å². The summed E-state index contributed by atoms with van der Waals surface area (Å²) >= 11 is 0. The summed E-state index contributed by atoms with van der Waals surface area (Å²) in [6.45, 7) is 6.32. The van der Waals surface area contributed by atoms with Gasteiger partial charge in [0.05, 0.1) is 5.52 Å². The van der Waals surface area contributed by atoms with Gasteiger partial charge in [-0.2, -0.15) is 0 Å². The first kappa shape index (κ1) is 15.5. The number of aromatic nitrogens is 1. The minimum atomic E-state index is 0.635. The second kappa shape index (κ2) is 7.77. The molecule has 1 heterocycles. The molecule has 0 aliphatic heterocycles. The topological polar surface area (TPSA) is 40.0 Å². The Bertz CT molecular complexity index is 579. The Balaban J connectivity index is 2.29. The maximum Gasteiger partial charge on any atom is 0.128 e. The highest BCUT2D eigenvalue weighted by molar-refractivity contribution is 6.07. The van der Waals surface area contributed by atoms with Gasteiger partial charge < -0.3 is 4.90 Å². The van der Waals surface area contributed by atoms with Crippen LogP contribution in [0.3, 0.4) is 0 Å². The molecule has 0 radical (unpaired) electrons. The van der Waals surface area contributed by atoms with Gasteiger partial charge in [-0.3, -0.25) is 10.4 Å². The van der Waals surface area contributed by atoms with Crippen LogP contribution < -0.4 is 0 Å². The zero-order valence-corrected chi connectivity index (χ0v) is 13.1. The van der Waals surface area contributed by atoms with Crippen LogP contribution in [0.2, 0.25) is 0 Å². The fraction of sp³-hybridized carbons (Fsp3) is 0.444. The highest BCUT2D eigenvalue weighted by Gasteiger charge is 2.13. The van der Waals surface area contributed by atoms with Gasteiger partial charge >= 0.3 is 0 Å². The molecule has 112 valence electrons. The Hall–Kier alpha value is -1.90. The third kappa shape index (κ3) is 3.81. The molecule has 0 spiro atoms. The number of para-hydroxylation sites is 1. The SMILES string of the molecule is CCCCN(CCCC)C(=N)c1ccnc2ccccc12. The van der Waals surface area contributed by atoms with E-state index in [-0.39, 0.29) is 0 Å². The number of unbranched alkanes of at least 4 members (excludes halogenated alkanes) is 2. The number of nitrogens with one attached hydrogen (secondary N) is 1. The number of fused-ring (bicyclic) bond motifs is 1. The fourth-order valence-electron chi connectivity index (χ4n) is 2.51.